The highest BCUT2D eigenvalue weighted by Gasteiger charge is 2.29. The summed E-state index contributed by atoms with van der Waals surface area (Å²) in [7, 11) is 0. The Labute approximate surface area is 380 Å². The lowest BCUT2D eigenvalue weighted by atomic mass is 9.77. The highest BCUT2D eigenvalue weighted by molar-refractivity contribution is 5.86. The van der Waals surface area contributed by atoms with Gasteiger partial charge in [0.05, 0.1) is 39.5 Å². The van der Waals surface area contributed by atoms with E-state index in [2.05, 4.69) is 88.5 Å². The maximum atomic E-state index is 12.4. The molecule has 0 saturated heterocycles. The van der Waals surface area contributed by atoms with Crippen molar-refractivity contribution in [2.24, 2.45) is 11.3 Å². The van der Waals surface area contributed by atoms with E-state index in [9.17, 15) is 19.8 Å². The fraction of sp³-hybridized carbons (Fsp3) is 0.571. The van der Waals surface area contributed by atoms with Crippen LogP contribution < -0.4 is 4.74 Å². The Morgan fingerprint density at radius 1 is 0.683 bits per heavy atom. The van der Waals surface area contributed by atoms with Gasteiger partial charge in [0, 0.05) is 11.0 Å². The molecule has 0 heterocycles. The summed E-state index contributed by atoms with van der Waals surface area (Å²) < 4.78 is 17.8. The Kier molecular flexibility index (Phi) is 22.2. The van der Waals surface area contributed by atoms with Crippen LogP contribution in [0.1, 0.15) is 166 Å². The van der Waals surface area contributed by atoms with Crippen LogP contribution >= 0.6 is 0 Å². The largest absolute Gasteiger partial charge is 0.493 e. The molecule has 7 heteroatoms. The zero-order valence-electron chi connectivity index (χ0n) is 39.7. The third kappa shape index (κ3) is 16.4. The molecular formula is C56H80O7. The first kappa shape index (κ1) is 51.4. The van der Waals surface area contributed by atoms with E-state index in [1.54, 1.807) is 6.92 Å². The summed E-state index contributed by atoms with van der Waals surface area (Å²) in [6, 6.07) is 20.5. The van der Waals surface area contributed by atoms with Crippen molar-refractivity contribution < 1.29 is 34.0 Å². The monoisotopic (exact) mass is 865 g/mol. The number of carbonyl (C=O) groups excluding carboxylic acids is 2. The summed E-state index contributed by atoms with van der Waals surface area (Å²) in [4.78, 5) is 24.7. The average molecular weight is 865 g/mol. The van der Waals surface area contributed by atoms with Crippen LogP contribution in [-0.4, -0.2) is 55.2 Å². The van der Waals surface area contributed by atoms with E-state index >= 15 is 0 Å². The average Bonchev–Trinajstić information content (AvgIpc) is 3.29. The summed E-state index contributed by atoms with van der Waals surface area (Å²) in [5.74, 6) is 1.63. The number of unbranched alkanes of at least 4 members (excludes halogenated alkanes) is 4. The SMILES string of the molecule is C=C(C)CC(=O)OCCCc1cc(-c2ccc(-c3ccc(C4CCC(CCCCC)CC4)cc3)cc2CC)cc(CCCOC(=O)C(=C)C)c1OCCC(CO)(CO)CCCCC. The number of benzene rings is 3. The molecule has 1 aliphatic carbocycles. The fourth-order valence-corrected chi connectivity index (χ4v) is 9.14. The van der Waals surface area contributed by atoms with Gasteiger partial charge >= 0.3 is 11.9 Å². The molecule has 0 aromatic heterocycles. The van der Waals surface area contributed by atoms with Crippen molar-refractivity contribution >= 4 is 11.9 Å². The maximum absolute atomic E-state index is 12.4. The Balaban J connectivity index is 1.65. The Morgan fingerprint density at radius 3 is 1.87 bits per heavy atom. The molecule has 2 N–H and O–H groups in total. The molecular weight excluding hydrogens is 785 g/mol. The van der Waals surface area contributed by atoms with E-state index < -0.39 is 11.4 Å². The molecule has 4 rings (SSSR count). The summed E-state index contributed by atoms with van der Waals surface area (Å²) in [5, 5.41) is 20.9. The minimum Gasteiger partial charge on any atom is -0.493 e. The number of hydrogen-bond acceptors (Lipinski definition) is 7. The van der Waals surface area contributed by atoms with E-state index in [0.717, 1.165) is 71.6 Å². The lowest BCUT2D eigenvalue weighted by molar-refractivity contribution is -0.143. The first-order valence-electron chi connectivity index (χ1n) is 24.3. The van der Waals surface area contributed by atoms with Crippen molar-refractivity contribution in [3.05, 3.63) is 101 Å². The van der Waals surface area contributed by atoms with Gasteiger partial charge in [-0.2, -0.15) is 0 Å². The summed E-state index contributed by atoms with van der Waals surface area (Å²) >= 11 is 0. The molecule has 63 heavy (non-hydrogen) atoms. The Hall–Kier alpha value is -4.20. The van der Waals surface area contributed by atoms with Crippen molar-refractivity contribution in [3.8, 4) is 28.0 Å². The number of hydrogen-bond donors (Lipinski definition) is 2. The van der Waals surface area contributed by atoms with Gasteiger partial charge in [-0.15, -0.1) is 0 Å². The van der Waals surface area contributed by atoms with Crippen LogP contribution in [0, 0.1) is 11.3 Å². The molecule has 1 fully saturated rings. The third-order valence-corrected chi connectivity index (χ3v) is 13.1. The van der Waals surface area contributed by atoms with Gasteiger partial charge in [0.2, 0.25) is 0 Å². The fourth-order valence-electron chi connectivity index (χ4n) is 9.14. The first-order valence-corrected chi connectivity index (χ1v) is 24.3. The van der Waals surface area contributed by atoms with Crippen LogP contribution in [0.15, 0.2) is 78.9 Å². The van der Waals surface area contributed by atoms with Crippen molar-refractivity contribution in [1.82, 2.24) is 0 Å². The number of rotatable bonds is 29. The maximum Gasteiger partial charge on any atom is 0.333 e. The molecule has 3 aromatic rings. The smallest absolute Gasteiger partial charge is 0.333 e. The predicted molar refractivity (Wildman–Crippen MR) is 259 cm³/mol. The molecule has 7 nitrogen and oxygen atoms in total. The van der Waals surface area contributed by atoms with E-state index in [-0.39, 0.29) is 38.8 Å². The number of esters is 2. The minimum absolute atomic E-state index is 0.112. The molecule has 0 aliphatic heterocycles. The van der Waals surface area contributed by atoms with E-state index in [1.165, 1.54) is 73.6 Å². The molecule has 0 bridgehead atoms. The number of aliphatic hydroxyl groups excluding tert-OH is 2. The molecule has 0 spiro atoms. The van der Waals surface area contributed by atoms with E-state index in [1.807, 2.05) is 6.92 Å². The van der Waals surface area contributed by atoms with Gasteiger partial charge in [-0.1, -0.05) is 127 Å². The zero-order chi connectivity index (χ0) is 45.6. The predicted octanol–water partition coefficient (Wildman–Crippen LogP) is 13.3. The van der Waals surface area contributed by atoms with Crippen LogP contribution in [0.4, 0.5) is 0 Å². The number of aryl methyl sites for hydroxylation is 3. The Morgan fingerprint density at radius 2 is 1.29 bits per heavy atom. The number of ether oxygens (including phenoxy) is 3. The van der Waals surface area contributed by atoms with E-state index in [4.69, 9.17) is 14.2 Å². The summed E-state index contributed by atoms with van der Waals surface area (Å²) in [6.45, 7) is 18.3. The first-order chi connectivity index (χ1) is 30.5. The quantitative estimate of drug-likeness (QED) is 0.0310. The Bertz CT molecular complexity index is 1880. The summed E-state index contributed by atoms with van der Waals surface area (Å²) in [6.07, 6.45) is 18.4. The molecule has 0 amide bonds. The summed E-state index contributed by atoms with van der Waals surface area (Å²) in [5.41, 5.74) is 9.86. The van der Waals surface area contributed by atoms with Gasteiger partial charge in [-0.3, -0.25) is 4.79 Å². The lowest BCUT2D eigenvalue weighted by Crippen LogP contribution is -2.32. The minimum atomic E-state index is -0.630. The van der Waals surface area contributed by atoms with Crippen molar-refractivity contribution in [2.45, 2.75) is 163 Å². The second-order valence-electron chi connectivity index (χ2n) is 18.5. The second kappa shape index (κ2) is 27.2. The molecule has 346 valence electrons. The number of carbonyl (C=O) groups is 2. The molecule has 3 aromatic carbocycles. The van der Waals surface area contributed by atoms with Crippen molar-refractivity contribution in [1.29, 1.82) is 0 Å². The van der Waals surface area contributed by atoms with Crippen molar-refractivity contribution in [3.63, 3.8) is 0 Å². The number of aliphatic hydroxyl groups is 2. The lowest BCUT2D eigenvalue weighted by Gasteiger charge is -2.30. The normalized spacial score (nSPS) is 15.2. The van der Waals surface area contributed by atoms with Crippen molar-refractivity contribution in [2.75, 3.05) is 33.0 Å². The third-order valence-electron chi connectivity index (χ3n) is 13.1. The van der Waals surface area contributed by atoms with Gasteiger partial charge in [0.25, 0.3) is 0 Å². The molecule has 0 atom stereocenters. The standard InChI is InChI=1S/C56H80O7/c1-8-11-13-17-43-20-22-45(23-21-43)46-24-26-47(27-25-46)48-28-29-52(44(10-3)36-48)51-37-49(18-15-32-61-53(59)35-41(4)5)54(50(38-51)19-16-33-63-55(60)42(6)7)62-34-31-56(39-57,40-58)30-14-12-9-2/h24-29,36-38,43,45,57-58H,4,6,8-23,30-35,39-40H2,1-3,5,7H3. The molecule has 1 saturated carbocycles. The zero-order valence-corrected chi connectivity index (χ0v) is 39.7. The second-order valence-corrected chi connectivity index (χ2v) is 18.5. The van der Waals surface area contributed by atoms with Gasteiger partial charge in [-0.05, 0) is 153 Å². The van der Waals surface area contributed by atoms with Crippen LogP contribution in [0.5, 0.6) is 5.75 Å². The van der Waals surface area contributed by atoms with Gasteiger partial charge in [-0.25, -0.2) is 4.79 Å². The van der Waals surface area contributed by atoms with Crippen LogP contribution in [0.2, 0.25) is 0 Å². The van der Waals surface area contributed by atoms with Gasteiger partial charge in [0.1, 0.15) is 5.75 Å². The highest BCUT2D eigenvalue weighted by atomic mass is 16.5. The molecule has 0 unspecified atom stereocenters. The van der Waals surface area contributed by atoms with Crippen LogP contribution in [0.3, 0.4) is 0 Å². The van der Waals surface area contributed by atoms with Gasteiger partial charge < -0.3 is 24.4 Å². The van der Waals surface area contributed by atoms with Crippen LogP contribution in [-0.2, 0) is 38.3 Å². The van der Waals surface area contributed by atoms with Crippen LogP contribution in [0.25, 0.3) is 22.3 Å². The highest BCUT2D eigenvalue weighted by Crippen LogP contribution is 2.40. The molecule has 1 aliphatic rings. The topological polar surface area (TPSA) is 102 Å². The van der Waals surface area contributed by atoms with E-state index in [0.29, 0.717) is 50.2 Å². The van der Waals surface area contributed by atoms with Gasteiger partial charge in [0.15, 0.2) is 0 Å². The molecule has 0 radical (unpaired) electrons.